The van der Waals surface area contributed by atoms with E-state index in [-0.39, 0.29) is 24.3 Å². The summed E-state index contributed by atoms with van der Waals surface area (Å²) in [5.41, 5.74) is 0.306. The van der Waals surface area contributed by atoms with E-state index in [2.05, 4.69) is 5.32 Å². The Hall–Kier alpha value is -1.88. The summed E-state index contributed by atoms with van der Waals surface area (Å²) in [5, 5.41) is 12.2. The van der Waals surface area contributed by atoms with Gasteiger partial charge < -0.3 is 15.2 Å². The first kappa shape index (κ1) is 16.0. The molecule has 5 heteroatoms. The van der Waals surface area contributed by atoms with Crippen LogP contribution in [0.5, 0.6) is 0 Å². The predicted molar refractivity (Wildman–Crippen MR) is 84.8 cm³/mol. The van der Waals surface area contributed by atoms with Crippen LogP contribution in [0.25, 0.3) is 0 Å². The van der Waals surface area contributed by atoms with Crippen LogP contribution in [-0.2, 0) is 14.3 Å². The van der Waals surface area contributed by atoms with E-state index in [0.717, 1.165) is 18.4 Å². The van der Waals surface area contributed by atoms with Gasteiger partial charge in [-0.25, -0.2) is 0 Å². The number of carbonyl (C=O) groups excluding carboxylic acids is 1. The lowest BCUT2D eigenvalue weighted by atomic mass is 9.66. The topological polar surface area (TPSA) is 75.6 Å². The number of carboxylic acid groups (broad SMARTS) is 1. The van der Waals surface area contributed by atoms with E-state index in [4.69, 9.17) is 4.74 Å². The van der Waals surface area contributed by atoms with Gasteiger partial charge in [0, 0.05) is 25.5 Å². The normalized spacial score (nSPS) is 25.6. The van der Waals surface area contributed by atoms with Gasteiger partial charge in [0.15, 0.2) is 0 Å². The fourth-order valence-electron chi connectivity index (χ4n) is 3.54. The Balaban J connectivity index is 1.53. The Morgan fingerprint density at radius 2 is 2.00 bits per heavy atom. The van der Waals surface area contributed by atoms with Gasteiger partial charge in [-0.15, -0.1) is 0 Å². The van der Waals surface area contributed by atoms with Crippen molar-refractivity contribution in [3.05, 3.63) is 35.9 Å². The van der Waals surface area contributed by atoms with Crippen molar-refractivity contribution in [2.75, 3.05) is 13.2 Å². The monoisotopic (exact) mass is 317 g/mol. The zero-order valence-corrected chi connectivity index (χ0v) is 13.2. The highest BCUT2D eigenvalue weighted by Crippen LogP contribution is 2.44. The number of hydrogen-bond donors (Lipinski definition) is 2. The van der Waals surface area contributed by atoms with Gasteiger partial charge in [0.25, 0.3) is 0 Å². The van der Waals surface area contributed by atoms with E-state index in [1.807, 2.05) is 30.3 Å². The number of carbonyl (C=O) groups is 2. The molecule has 1 aliphatic heterocycles. The van der Waals surface area contributed by atoms with Crippen molar-refractivity contribution in [3.63, 3.8) is 0 Å². The smallest absolute Gasteiger partial charge is 0.310 e. The molecule has 2 aliphatic rings. The molecule has 2 atom stereocenters. The average molecular weight is 317 g/mol. The standard InChI is InChI=1S/C18H23NO4/c20-15(11-18(17(21)22)8-4-9-18)19-12-14-7-10-23-16(14)13-5-2-1-3-6-13/h1-3,5-6,14,16H,4,7-12H2,(H,19,20)(H,21,22)/t14-,16-/m0/s1. The maximum absolute atomic E-state index is 12.1. The molecule has 1 saturated carbocycles. The molecule has 5 nitrogen and oxygen atoms in total. The molecule has 0 radical (unpaired) electrons. The summed E-state index contributed by atoms with van der Waals surface area (Å²) in [7, 11) is 0. The molecule has 1 saturated heterocycles. The van der Waals surface area contributed by atoms with E-state index >= 15 is 0 Å². The molecule has 1 aliphatic carbocycles. The van der Waals surface area contributed by atoms with Crippen molar-refractivity contribution >= 4 is 11.9 Å². The minimum Gasteiger partial charge on any atom is -0.481 e. The number of ether oxygens (including phenoxy) is 1. The number of amides is 1. The van der Waals surface area contributed by atoms with E-state index in [1.165, 1.54) is 0 Å². The van der Waals surface area contributed by atoms with Crippen LogP contribution in [0.3, 0.4) is 0 Å². The molecule has 1 amide bonds. The van der Waals surface area contributed by atoms with Crippen molar-refractivity contribution in [2.45, 2.75) is 38.2 Å². The van der Waals surface area contributed by atoms with Crippen molar-refractivity contribution < 1.29 is 19.4 Å². The molecule has 3 rings (SSSR count). The second kappa shape index (κ2) is 6.71. The second-order valence-corrected chi connectivity index (χ2v) is 6.67. The molecule has 0 aromatic heterocycles. The van der Waals surface area contributed by atoms with Crippen molar-refractivity contribution in [1.82, 2.24) is 5.32 Å². The molecule has 0 unspecified atom stereocenters. The van der Waals surface area contributed by atoms with Crippen LogP contribution in [-0.4, -0.2) is 30.1 Å². The SMILES string of the molecule is O=C(CC1(C(=O)O)CCC1)NC[C@@H]1CCO[C@H]1c1ccccc1. The Bertz CT molecular complexity index is 568. The highest BCUT2D eigenvalue weighted by atomic mass is 16.5. The quantitative estimate of drug-likeness (QED) is 0.845. The number of aliphatic carboxylic acids is 1. The summed E-state index contributed by atoms with van der Waals surface area (Å²) in [5.74, 6) is -0.764. The van der Waals surface area contributed by atoms with E-state index in [9.17, 15) is 14.7 Å². The molecule has 1 aromatic rings. The average Bonchev–Trinajstić information content (AvgIpc) is 2.98. The van der Waals surface area contributed by atoms with Crippen LogP contribution in [0.2, 0.25) is 0 Å². The summed E-state index contributed by atoms with van der Waals surface area (Å²) < 4.78 is 5.81. The fraction of sp³-hybridized carbons (Fsp3) is 0.556. The Kier molecular flexibility index (Phi) is 4.66. The first-order valence-electron chi connectivity index (χ1n) is 8.27. The van der Waals surface area contributed by atoms with Crippen LogP contribution < -0.4 is 5.32 Å². The Morgan fingerprint density at radius 1 is 1.26 bits per heavy atom. The van der Waals surface area contributed by atoms with Crippen LogP contribution in [0.1, 0.15) is 43.8 Å². The van der Waals surface area contributed by atoms with Gasteiger partial charge in [-0.3, -0.25) is 9.59 Å². The van der Waals surface area contributed by atoms with Gasteiger partial charge in [0.2, 0.25) is 5.91 Å². The molecule has 1 aromatic carbocycles. The first-order valence-corrected chi connectivity index (χ1v) is 8.27. The van der Waals surface area contributed by atoms with E-state index in [1.54, 1.807) is 0 Å². The third-order valence-corrected chi connectivity index (χ3v) is 5.17. The maximum Gasteiger partial charge on any atom is 0.310 e. The van der Waals surface area contributed by atoms with Gasteiger partial charge in [-0.05, 0) is 24.8 Å². The molecular formula is C18H23NO4. The Labute approximate surface area is 136 Å². The van der Waals surface area contributed by atoms with Crippen molar-refractivity contribution in [2.24, 2.45) is 11.3 Å². The number of nitrogens with one attached hydrogen (secondary N) is 1. The van der Waals surface area contributed by atoms with Gasteiger partial charge in [0.1, 0.15) is 0 Å². The largest absolute Gasteiger partial charge is 0.481 e. The lowest BCUT2D eigenvalue weighted by Crippen LogP contribution is -2.43. The summed E-state index contributed by atoms with van der Waals surface area (Å²) in [4.78, 5) is 23.5. The van der Waals surface area contributed by atoms with E-state index in [0.29, 0.717) is 26.0 Å². The predicted octanol–water partition coefficient (Wildman–Crippen LogP) is 2.53. The molecule has 0 bridgehead atoms. The number of hydrogen-bond acceptors (Lipinski definition) is 3. The minimum absolute atomic E-state index is 0.00800. The summed E-state index contributed by atoms with van der Waals surface area (Å²) in [6.45, 7) is 1.23. The van der Waals surface area contributed by atoms with Gasteiger partial charge >= 0.3 is 5.97 Å². The third-order valence-electron chi connectivity index (χ3n) is 5.17. The van der Waals surface area contributed by atoms with Crippen molar-refractivity contribution in [1.29, 1.82) is 0 Å². The zero-order chi connectivity index (χ0) is 16.3. The van der Waals surface area contributed by atoms with Crippen LogP contribution in [0, 0.1) is 11.3 Å². The van der Waals surface area contributed by atoms with Crippen LogP contribution >= 0.6 is 0 Å². The highest BCUT2D eigenvalue weighted by molar-refractivity contribution is 5.85. The summed E-state index contributed by atoms with van der Waals surface area (Å²) >= 11 is 0. The summed E-state index contributed by atoms with van der Waals surface area (Å²) in [6.07, 6.45) is 3.11. The highest BCUT2D eigenvalue weighted by Gasteiger charge is 2.46. The molecular weight excluding hydrogens is 294 g/mol. The minimum atomic E-state index is -0.842. The third kappa shape index (κ3) is 3.39. The maximum atomic E-state index is 12.1. The van der Waals surface area contributed by atoms with Gasteiger partial charge in [-0.1, -0.05) is 36.8 Å². The number of benzene rings is 1. The van der Waals surface area contributed by atoms with Gasteiger partial charge in [0.05, 0.1) is 11.5 Å². The lowest BCUT2D eigenvalue weighted by Gasteiger charge is -2.37. The van der Waals surface area contributed by atoms with E-state index < -0.39 is 11.4 Å². The molecule has 1 heterocycles. The second-order valence-electron chi connectivity index (χ2n) is 6.67. The Morgan fingerprint density at radius 3 is 2.61 bits per heavy atom. The molecule has 23 heavy (non-hydrogen) atoms. The lowest BCUT2D eigenvalue weighted by molar-refractivity contribution is -0.157. The molecule has 124 valence electrons. The number of rotatable bonds is 6. The number of carboxylic acids is 1. The fourth-order valence-corrected chi connectivity index (χ4v) is 3.54. The molecule has 2 N–H and O–H groups in total. The first-order chi connectivity index (χ1) is 11.1. The molecule has 0 spiro atoms. The molecule has 2 fully saturated rings. The summed E-state index contributed by atoms with van der Waals surface area (Å²) in [6, 6.07) is 10.0. The van der Waals surface area contributed by atoms with Crippen molar-refractivity contribution in [3.8, 4) is 0 Å². The van der Waals surface area contributed by atoms with Crippen LogP contribution in [0.15, 0.2) is 30.3 Å². The zero-order valence-electron chi connectivity index (χ0n) is 13.2. The van der Waals surface area contributed by atoms with Gasteiger partial charge in [-0.2, -0.15) is 0 Å². The van der Waals surface area contributed by atoms with Crippen LogP contribution in [0.4, 0.5) is 0 Å².